The van der Waals surface area contributed by atoms with Crippen molar-refractivity contribution in [1.29, 1.82) is 0 Å². The molecule has 18 heavy (non-hydrogen) atoms. The highest BCUT2D eigenvalue weighted by molar-refractivity contribution is 7.80. The van der Waals surface area contributed by atoms with Crippen LogP contribution in [0.3, 0.4) is 0 Å². The fourth-order valence-corrected chi connectivity index (χ4v) is 1.70. The normalized spacial score (nSPS) is 10.1. The first-order chi connectivity index (χ1) is 8.66. The second-order valence-corrected chi connectivity index (χ2v) is 4.36. The van der Waals surface area contributed by atoms with Crippen LogP contribution in [0.4, 0.5) is 5.82 Å². The summed E-state index contributed by atoms with van der Waals surface area (Å²) >= 11 is 4.92. The van der Waals surface area contributed by atoms with Crippen LogP contribution in [0.2, 0.25) is 0 Å². The molecule has 92 valence electrons. The maximum Gasteiger partial charge on any atom is 0.129 e. The van der Waals surface area contributed by atoms with E-state index in [1.165, 1.54) is 0 Å². The smallest absolute Gasteiger partial charge is 0.129 e. The van der Waals surface area contributed by atoms with Gasteiger partial charge in [0.2, 0.25) is 0 Å². The third kappa shape index (κ3) is 3.01. The predicted molar refractivity (Wildman–Crippen MR) is 76.5 cm³/mol. The molecule has 0 spiro atoms. The molecule has 0 aromatic carbocycles. The third-order valence-corrected chi connectivity index (χ3v) is 2.71. The van der Waals surface area contributed by atoms with Crippen LogP contribution in [0.25, 0.3) is 0 Å². The fraction of sp³-hybridized carbons (Fsp3) is 0.154. The van der Waals surface area contributed by atoms with Gasteiger partial charge in [0, 0.05) is 13.2 Å². The SMILES string of the molecule is CN(Cc1ccccn1)c1cccc(C(N)=S)n1. The van der Waals surface area contributed by atoms with E-state index in [9.17, 15) is 0 Å². The van der Waals surface area contributed by atoms with Gasteiger partial charge in [-0.2, -0.15) is 0 Å². The molecule has 0 aliphatic rings. The molecule has 4 nitrogen and oxygen atoms in total. The summed E-state index contributed by atoms with van der Waals surface area (Å²) in [6, 6.07) is 11.5. The quantitative estimate of drug-likeness (QED) is 0.847. The van der Waals surface area contributed by atoms with Crippen LogP contribution in [0.15, 0.2) is 42.6 Å². The molecule has 0 aliphatic carbocycles. The summed E-state index contributed by atoms with van der Waals surface area (Å²) in [5, 5.41) is 0. The molecule has 5 heteroatoms. The lowest BCUT2D eigenvalue weighted by Gasteiger charge is -2.18. The van der Waals surface area contributed by atoms with Crippen molar-refractivity contribution in [2.75, 3.05) is 11.9 Å². The molecule has 0 amide bonds. The lowest BCUT2D eigenvalue weighted by Crippen LogP contribution is -2.20. The molecule has 2 rings (SSSR count). The Hall–Kier alpha value is -2.01. The summed E-state index contributed by atoms with van der Waals surface area (Å²) in [5.74, 6) is 0.825. The molecule has 2 heterocycles. The van der Waals surface area contributed by atoms with Gasteiger partial charge in [0.15, 0.2) is 0 Å². The largest absolute Gasteiger partial charge is 0.388 e. The minimum absolute atomic E-state index is 0.308. The van der Waals surface area contributed by atoms with Crippen molar-refractivity contribution in [2.24, 2.45) is 5.73 Å². The van der Waals surface area contributed by atoms with Crippen LogP contribution in [0.5, 0.6) is 0 Å². The Kier molecular flexibility index (Phi) is 3.84. The van der Waals surface area contributed by atoms with Gasteiger partial charge in [-0.1, -0.05) is 24.4 Å². The standard InChI is InChI=1S/C13H14N4S/c1-17(9-10-5-2-3-8-15-10)12-7-4-6-11(16-12)13(14)18/h2-8H,9H2,1H3,(H2,14,18). The van der Waals surface area contributed by atoms with Crippen molar-refractivity contribution in [2.45, 2.75) is 6.54 Å². The molecule has 2 N–H and O–H groups in total. The summed E-state index contributed by atoms with van der Waals surface area (Å²) in [6.45, 7) is 0.689. The van der Waals surface area contributed by atoms with Gasteiger partial charge < -0.3 is 10.6 Å². The van der Waals surface area contributed by atoms with Crippen molar-refractivity contribution in [3.63, 3.8) is 0 Å². The minimum atomic E-state index is 0.308. The summed E-state index contributed by atoms with van der Waals surface area (Å²) in [4.78, 5) is 11.0. The predicted octanol–water partition coefficient (Wildman–Crippen LogP) is 1.75. The molecular weight excluding hydrogens is 244 g/mol. The van der Waals surface area contributed by atoms with Crippen LogP contribution in [0.1, 0.15) is 11.4 Å². The first-order valence-corrected chi connectivity index (χ1v) is 5.95. The van der Waals surface area contributed by atoms with Crippen molar-refractivity contribution in [3.05, 3.63) is 54.0 Å². The maximum atomic E-state index is 5.57. The van der Waals surface area contributed by atoms with Gasteiger partial charge in [0.05, 0.1) is 17.9 Å². The van der Waals surface area contributed by atoms with Crippen molar-refractivity contribution >= 4 is 23.0 Å². The van der Waals surface area contributed by atoms with E-state index in [4.69, 9.17) is 18.0 Å². The Bertz CT molecular complexity index is 542. The minimum Gasteiger partial charge on any atom is -0.388 e. The molecule has 2 aromatic heterocycles. The number of anilines is 1. The molecule has 0 fully saturated rings. The molecule has 0 saturated carbocycles. The number of hydrogen-bond donors (Lipinski definition) is 1. The lowest BCUT2D eigenvalue weighted by molar-refractivity contribution is 0.865. The van der Waals surface area contributed by atoms with Gasteiger partial charge in [0.1, 0.15) is 10.8 Å². The van der Waals surface area contributed by atoms with Crippen LogP contribution in [0, 0.1) is 0 Å². The van der Waals surface area contributed by atoms with E-state index in [1.807, 2.05) is 42.3 Å². The van der Waals surface area contributed by atoms with Crippen LogP contribution in [-0.2, 0) is 6.54 Å². The summed E-state index contributed by atoms with van der Waals surface area (Å²) < 4.78 is 0. The number of aromatic nitrogens is 2. The highest BCUT2D eigenvalue weighted by atomic mass is 32.1. The van der Waals surface area contributed by atoms with E-state index in [1.54, 1.807) is 12.3 Å². The van der Waals surface area contributed by atoms with E-state index in [0.29, 0.717) is 17.2 Å². The van der Waals surface area contributed by atoms with E-state index >= 15 is 0 Å². The summed E-state index contributed by atoms with van der Waals surface area (Å²) in [6.07, 6.45) is 1.78. The topological polar surface area (TPSA) is 55.0 Å². The maximum absolute atomic E-state index is 5.57. The zero-order valence-corrected chi connectivity index (χ0v) is 10.9. The van der Waals surface area contributed by atoms with Gasteiger partial charge in [-0.15, -0.1) is 0 Å². The van der Waals surface area contributed by atoms with Gasteiger partial charge in [0.25, 0.3) is 0 Å². The number of nitrogens with zero attached hydrogens (tertiary/aromatic N) is 3. The Balaban J connectivity index is 2.16. The molecular formula is C13H14N4S. The average molecular weight is 258 g/mol. The van der Waals surface area contributed by atoms with Gasteiger partial charge in [-0.05, 0) is 24.3 Å². The number of hydrogen-bond acceptors (Lipinski definition) is 4. The lowest BCUT2D eigenvalue weighted by atomic mass is 10.3. The van der Waals surface area contributed by atoms with Crippen molar-refractivity contribution < 1.29 is 0 Å². The second kappa shape index (κ2) is 5.55. The number of nitrogens with two attached hydrogens (primary N) is 1. The molecule has 0 unspecified atom stereocenters. The molecule has 2 aromatic rings. The third-order valence-electron chi connectivity index (χ3n) is 2.50. The zero-order valence-electron chi connectivity index (χ0n) is 10.1. The number of rotatable bonds is 4. The van der Waals surface area contributed by atoms with Crippen molar-refractivity contribution in [3.8, 4) is 0 Å². The van der Waals surface area contributed by atoms with Crippen molar-refractivity contribution in [1.82, 2.24) is 9.97 Å². The Labute approximate surface area is 111 Å². The van der Waals surface area contributed by atoms with Gasteiger partial charge >= 0.3 is 0 Å². The first kappa shape index (κ1) is 12.4. The number of thiocarbonyl (C=S) groups is 1. The summed E-state index contributed by atoms with van der Waals surface area (Å²) in [5.41, 5.74) is 7.20. The molecule has 0 atom stereocenters. The molecule has 0 bridgehead atoms. The highest BCUT2D eigenvalue weighted by Gasteiger charge is 2.06. The Morgan fingerprint density at radius 3 is 2.78 bits per heavy atom. The Morgan fingerprint density at radius 2 is 2.11 bits per heavy atom. The van der Waals surface area contributed by atoms with E-state index in [0.717, 1.165) is 11.5 Å². The average Bonchev–Trinajstić information content (AvgIpc) is 2.40. The molecule has 0 aliphatic heterocycles. The van der Waals surface area contributed by atoms with Crippen LogP contribution < -0.4 is 10.6 Å². The second-order valence-electron chi connectivity index (χ2n) is 3.92. The molecule has 0 saturated heterocycles. The van der Waals surface area contributed by atoms with E-state index in [2.05, 4.69) is 9.97 Å². The zero-order chi connectivity index (χ0) is 13.0. The summed E-state index contributed by atoms with van der Waals surface area (Å²) in [7, 11) is 1.96. The fourth-order valence-electron chi connectivity index (χ4n) is 1.59. The number of pyridine rings is 2. The monoisotopic (exact) mass is 258 g/mol. The first-order valence-electron chi connectivity index (χ1n) is 5.55. The van der Waals surface area contributed by atoms with Crippen LogP contribution >= 0.6 is 12.2 Å². The van der Waals surface area contributed by atoms with Gasteiger partial charge in [-0.25, -0.2) is 4.98 Å². The van der Waals surface area contributed by atoms with E-state index in [-0.39, 0.29) is 0 Å². The van der Waals surface area contributed by atoms with Gasteiger partial charge in [-0.3, -0.25) is 4.98 Å². The van der Waals surface area contributed by atoms with Crippen LogP contribution in [-0.4, -0.2) is 22.0 Å². The van der Waals surface area contributed by atoms with E-state index < -0.39 is 0 Å². The molecule has 0 radical (unpaired) electrons. The Morgan fingerprint density at radius 1 is 1.28 bits per heavy atom. The highest BCUT2D eigenvalue weighted by Crippen LogP contribution is 2.12.